The van der Waals surface area contributed by atoms with E-state index in [1.54, 1.807) is 0 Å². The zero-order chi connectivity index (χ0) is 25.9. The van der Waals surface area contributed by atoms with E-state index in [4.69, 9.17) is 4.42 Å². The molecule has 0 aliphatic heterocycles. The number of hydrogen-bond acceptors (Lipinski definition) is 1. The normalized spacial score (nSPS) is 12.5. The monoisotopic (exact) mass is 511 g/mol. The third-order valence-electron chi connectivity index (χ3n) is 8.57. The minimum Gasteiger partial charge on any atom is -0.456 e. The summed E-state index contributed by atoms with van der Waals surface area (Å²) in [5.74, 6) is 0. The van der Waals surface area contributed by atoms with Gasteiger partial charge in [-0.25, -0.2) is 0 Å². The van der Waals surface area contributed by atoms with Crippen molar-refractivity contribution in [2.24, 2.45) is 0 Å². The Bertz CT molecular complexity index is 2660. The van der Waals surface area contributed by atoms with Crippen LogP contribution in [0.15, 0.2) is 132 Å². The fourth-order valence-electron chi connectivity index (χ4n) is 6.99. The number of rotatable bonds is 1. The smallest absolute Gasteiger partial charge is 0.137 e. The lowest BCUT2D eigenvalue weighted by Gasteiger charge is -2.12. The lowest BCUT2D eigenvalue weighted by atomic mass is 10.1. The van der Waals surface area contributed by atoms with Crippen molar-refractivity contribution in [3.63, 3.8) is 0 Å². The second-order valence-electron chi connectivity index (χ2n) is 10.6. The summed E-state index contributed by atoms with van der Waals surface area (Å²) in [5.41, 5.74) is 11.3. The molecule has 0 bridgehead atoms. The van der Waals surface area contributed by atoms with Crippen molar-refractivity contribution in [3.05, 3.63) is 127 Å². The van der Waals surface area contributed by atoms with Crippen molar-refractivity contribution in [2.45, 2.75) is 0 Å². The van der Waals surface area contributed by atoms with Crippen molar-refractivity contribution < 1.29 is 4.42 Å². The van der Waals surface area contributed by atoms with Crippen LogP contribution < -0.4 is 0 Å². The lowest BCUT2D eigenvalue weighted by Crippen LogP contribution is -2.00. The number of benzene rings is 5. The summed E-state index contributed by atoms with van der Waals surface area (Å²) in [6, 6.07) is 45.6. The van der Waals surface area contributed by atoms with Gasteiger partial charge in [-0.2, -0.15) is 0 Å². The first kappa shape index (κ1) is 20.5. The van der Waals surface area contributed by atoms with Gasteiger partial charge in [0.05, 0.1) is 44.2 Å². The van der Waals surface area contributed by atoms with E-state index >= 15 is 0 Å². The maximum atomic E-state index is 6.34. The highest BCUT2D eigenvalue weighted by Gasteiger charge is 2.24. The average molecular weight is 512 g/mol. The van der Waals surface area contributed by atoms with Gasteiger partial charge in [0, 0.05) is 21.5 Å². The van der Waals surface area contributed by atoms with Crippen LogP contribution in [0.5, 0.6) is 0 Å². The molecular weight excluding hydrogens is 490 g/mol. The molecule has 186 valence electrons. The Kier molecular flexibility index (Phi) is 3.65. The van der Waals surface area contributed by atoms with Crippen LogP contribution >= 0.6 is 0 Å². The number of furan rings is 1. The fourth-order valence-corrected chi connectivity index (χ4v) is 6.99. The molecule has 0 aliphatic carbocycles. The predicted octanol–water partition coefficient (Wildman–Crippen LogP) is 9.49. The average Bonchev–Trinajstić information content (AvgIpc) is 3.75. The highest BCUT2D eigenvalue weighted by atomic mass is 16.3. The Hall–Kier alpha value is -5.48. The quantitative estimate of drug-likeness (QED) is 0.216. The molecule has 0 saturated heterocycles. The molecule has 0 radical (unpaired) electrons. The number of para-hydroxylation sites is 4. The van der Waals surface area contributed by atoms with Crippen molar-refractivity contribution in [1.82, 2.24) is 13.4 Å². The zero-order valence-electron chi connectivity index (χ0n) is 21.4. The highest BCUT2D eigenvalue weighted by molar-refractivity contribution is 6.19. The molecule has 10 aromatic rings. The van der Waals surface area contributed by atoms with Gasteiger partial charge >= 0.3 is 0 Å². The van der Waals surface area contributed by atoms with Crippen LogP contribution in [0.3, 0.4) is 0 Å². The lowest BCUT2D eigenvalue weighted by molar-refractivity contribution is 0.669. The van der Waals surface area contributed by atoms with Crippen LogP contribution in [0, 0.1) is 0 Å². The molecule has 5 aromatic heterocycles. The first-order valence-electron chi connectivity index (χ1n) is 13.6. The molecule has 5 heterocycles. The first-order chi connectivity index (χ1) is 19.9. The summed E-state index contributed by atoms with van der Waals surface area (Å²) in [6.45, 7) is 0. The third kappa shape index (κ3) is 2.38. The zero-order valence-corrected chi connectivity index (χ0v) is 21.4. The van der Waals surface area contributed by atoms with Gasteiger partial charge in [-0.3, -0.25) is 8.80 Å². The second kappa shape index (κ2) is 7.13. The molecule has 0 fully saturated rings. The molecule has 0 amide bonds. The van der Waals surface area contributed by atoms with E-state index in [1.165, 1.54) is 54.9 Å². The summed E-state index contributed by atoms with van der Waals surface area (Å²) in [6.07, 6.45) is 0. The number of hydrogen-bond donors (Lipinski definition) is 0. The van der Waals surface area contributed by atoms with E-state index in [1.807, 2.05) is 6.07 Å². The van der Waals surface area contributed by atoms with Crippen molar-refractivity contribution >= 4 is 76.8 Å². The van der Waals surface area contributed by atoms with E-state index in [0.717, 1.165) is 27.6 Å². The van der Waals surface area contributed by atoms with Gasteiger partial charge in [-0.05, 0) is 48.5 Å². The maximum Gasteiger partial charge on any atom is 0.137 e. The molecular formula is C36H21N3O. The van der Waals surface area contributed by atoms with Gasteiger partial charge in [0.15, 0.2) is 0 Å². The Labute approximate surface area is 227 Å². The van der Waals surface area contributed by atoms with Crippen molar-refractivity contribution in [1.29, 1.82) is 0 Å². The highest BCUT2D eigenvalue weighted by Crippen LogP contribution is 2.42. The van der Waals surface area contributed by atoms with Gasteiger partial charge in [-0.15, -0.1) is 0 Å². The standard InChI is InChI=1S/C36H21N3O/c1-5-14-26-22(10-1)20-30-36-35(39-27-15-6-2-11-23(27)21-33(39)37(26)30)24-12-3-7-16-28(24)38(36)29-17-9-19-32-34(29)25-13-4-8-18-31(25)40-32/h1-21H. The molecule has 0 spiro atoms. The minimum atomic E-state index is 0.897. The van der Waals surface area contributed by atoms with Gasteiger partial charge in [0.2, 0.25) is 0 Å². The molecule has 4 heteroatoms. The van der Waals surface area contributed by atoms with Crippen LogP contribution in [0.2, 0.25) is 0 Å². The summed E-state index contributed by atoms with van der Waals surface area (Å²) in [4.78, 5) is 0. The fraction of sp³-hybridized carbons (Fsp3) is 0. The summed E-state index contributed by atoms with van der Waals surface area (Å²) >= 11 is 0. The van der Waals surface area contributed by atoms with E-state index in [-0.39, 0.29) is 0 Å². The van der Waals surface area contributed by atoms with Crippen LogP contribution in [0.4, 0.5) is 0 Å². The Balaban J connectivity index is 1.56. The van der Waals surface area contributed by atoms with Gasteiger partial charge in [0.25, 0.3) is 0 Å². The predicted molar refractivity (Wildman–Crippen MR) is 165 cm³/mol. The van der Waals surface area contributed by atoms with Gasteiger partial charge in [0.1, 0.15) is 16.8 Å². The van der Waals surface area contributed by atoms with Crippen molar-refractivity contribution in [2.75, 3.05) is 0 Å². The third-order valence-corrected chi connectivity index (χ3v) is 8.57. The maximum absolute atomic E-state index is 6.34. The molecule has 40 heavy (non-hydrogen) atoms. The largest absolute Gasteiger partial charge is 0.456 e. The Morgan fingerprint density at radius 2 is 1.10 bits per heavy atom. The molecule has 0 atom stereocenters. The molecule has 0 unspecified atom stereocenters. The van der Waals surface area contributed by atoms with Gasteiger partial charge < -0.3 is 8.98 Å². The van der Waals surface area contributed by atoms with E-state index in [2.05, 4.69) is 135 Å². The topological polar surface area (TPSA) is 26.9 Å². The molecule has 0 saturated carbocycles. The Morgan fingerprint density at radius 1 is 0.450 bits per heavy atom. The molecule has 0 aliphatic rings. The number of fused-ring (bicyclic) bond motifs is 15. The van der Waals surface area contributed by atoms with E-state index in [9.17, 15) is 0 Å². The molecule has 10 rings (SSSR count). The van der Waals surface area contributed by atoms with E-state index in [0.29, 0.717) is 0 Å². The number of aromatic nitrogens is 3. The van der Waals surface area contributed by atoms with Crippen molar-refractivity contribution in [3.8, 4) is 5.69 Å². The summed E-state index contributed by atoms with van der Waals surface area (Å²) in [5, 5.41) is 5.94. The van der Waals surface area contributed by atoms with Gasteiger partial charge in [-0.1, -0.05) is 78.9 Å². The molecule has 0 N–H and O–H groups in total. The summed E-state index contributed by atoms with van der Waals surface area (Å²) < 4.78 is 13.7. The van der Waals surface area contributed by atoms with Crippen LogP contribution in [-0.4, -0.2) is 13.4 Å². The molecule has 5 aromatic carbocycles. The molecule has 4 nitrogen and oxygen atoms in total. The SMILES string of the molecule is c1ccc2c(c1)cc1c3c(c4ccccc4n3-c3cccc4oc5ccccc5c34)n3c4ccccc4cc3n21. The minimum absolute atomic E-state index is 0.897. The van der Waals surface area contributed by atoms with Crippen LogP contribution in [0.25, 0.3) is 82.5 Å². The van der Waals surface area contributed by atoms with E-state index < -0.39 is 0 Å². The first-order valence-corrected chi connectivity index (χ1v) is 13.6. The number of nitrogens with zero attached hydrogens (tertiary/aromatic N) is 3. The van der Waals surface area contributed by atoms with Crippen LogP contribution in [0.1, 0.15) is 0 Å². The Morgan fingerprint density at radius 3 is 1.95 bits per heavy atom. The second-order valence-corrected chi connectivity index (χ2v) is 10.6. The van der Waals surface area contributed by atoms with Crippen LogP contribution in [-0.2, 0) is 0 Å². The summed E-state index contributed by atoms with van der Waals surface area (Å²) in [7, 11) is 0.